The average Bonchev–Trinajstić information content (AvgIpc) is 3.31. The van der Waals surface area contributed by atoms with Gasteiger partial charge < -0.3 is 10.1 Å². The van der Waals surface area contributed by atoms with Gasteiger partial charge in [0.15, 0.2) is 0 Å². The van der Waals surface area contributed by atoms with Crippen molar-refractivity contribution in [2.75, 3.05) is 19.5 Å². The quantitative estimate of drug-likeness (QED) is 0.924. The van der Waals surface area contributed by atoms with E-state index in [4.69, 9.17) is 9.72 Å². The van der Waals surface area contributed by atoms with E-state index in [2.05, 4.69) is 23.3 Å². The summed E-state index contributed by atoms with van der Waals surface area (Å²) in [6.07, 6.45) is 2.38. The predicted molar refractivity (Wildman–Crippen MR) is 80.3 cm³/mol. The molecule has 104 valence electrons. The molecule has 0 spiro atoms. The second-order valence-corrected chi connectivity index (χ2v) is 5.22. The van der Waals surface area contributed by atoms with Crippen LogP contribution >= 0.6 is 0 Å². The van der Waals surface area contributed by atoms with Gasteiger partial charge in [-0.25, -0.2) is 9.97 Å². The number of benzene rings is 1. The highest BCUT2D eigenvalue weighted by Gasteiger charge is 2.27. The van der Waals surface area contributed by atoms with Crippen molar-refractivity contribution in [2.45, 2.75) is 25.7 Å². The van der Waals surface area contributed by atoms with Crippen molar-refractivity contribution in [1.29, 1.82) is 0 Å². The van der Waals surface area contributed by atoms with Crippen molar-refractivity contribution >= 4 is 5.82 Å². The molecule has 2 aromatic rings. The Hall–Kier alpha value is -2.10. The maximum Gasteiger partial charge on any atom is 0.134 e. The third-order valence-corrected chi connectivity index (χ3v) is 3.57. The van der Waals surface area contributed by atoms with Crippen LogP contribution in [0.2, 0.25) is 0 Å². The fourth-order valence-corrected chi connectivity index (χ4v) is 2.28. The fourth-order valence-electron chi connectivity index (χ4n) is 2.28. The minimum Gasteiger partial charge on any atom is -0.496 e. The van der Waals surface area contributed by atoms with Gasteiger partial charge in [-0.3, -0.25) is 0 Å². The van der Waals surface area contributed by atoms with Crippen molar-refractivity contribution in [3.63, 3.8) is 0 Å². The standard InChI is InChI=1S/C16H19N3O/c1-10-4-7-14(20-3)12(8-10)13-9-15(17-2)19-16(18-13)11-5-6-11/h4,7-9,11H,5-6H2,1-3H3,(H,17,18,19). The number of anilines is 1. The van der Waals surface area contributed by atoms with Crippen LogP contribution in [-0.4, -0.2) is 24.1 Å². The van der Waals surface area contributed by atoms with Gasteiger partial charge in [0, 0.05) is 24.6 Å². The summed E-state index contributed by atoms with van der Waals surface area (Å²) in [5.74, 6) is 3.17. The zero-order valence-corrected chi connectivity index (χ0v) is 12.1. The number of methoxy groups -OCH3 is 1. The SMILES string of the molecule is CNc1cc(-c2cc(C)ccc2OC)nc(C2CC2)n1. The molecule has 1 aliphatic carbocycles. The minimum absolute atomic E-state index is 0.526. The molecule has 1 aromatic carbocycles. The number of hydrogen-bond acceptors (Lipinski definition) is 4. The number of rotatable bonds is 4. The Morgan fingerprint density at radius 2 is 2.00 bits per heavy atom. The molecular formula is C16H19N3O. The van der Waals surface area contributed by atoms with Gasteiger partial charge in [-0.15, -0.1) is 0 Å². The molecule has 0 atom stereocenters. The normalized spacial score (nSPS) is 14.2. The smallest absolute Gasteiger partial charge is 0.134 e. The van der Waals surface area contributed by atoms with Crippen LogP contribution in [0.25, 0.3) is 11.3 Å². The van der Waals surface area contributed by atoms with Crippen LogP contribution in [0.5, 0.6) is 5.75 Å². The summed E-state index contributed by atoms with van der Waals surface area (Å²) in [6.45, 7) is 2.07. The number of hydrogen-bond donors (Lipinski definition) is 1. The van der Waals surface area contributed by atoms with Crippen LogP contribution in [0.4, 0.5) is 5.82 Å². The molecule has 4 heteroatoms. The highest BCUT2D eigenvalue weighted by Crippen LogP contribution is 2.40. The van der Waals surface area contributed by atoms with Gasteiger partial charge in [0.2, 0.25) is 0 Å². The van der Waals surface area contributed by atoms with Gasteiger partial charge in [0.25, 0.3) is 0 Å². The first-order valence-corrected chi connectivity index (χ1v) is 6.93. The van der Waals surface area contributed by atoms with Gasteiger partial charge in [-0.1, -0.05) is 11.6 Å². The van der Waals surface area contributed by atoms with E-state index >= 15 is 0 Å². The Bertz CT molecular complexity index is 636. The number of nitrogens with zero attached hydrogens (tertiary/aromatic N) is 2. The number of nitrogens with one attached hydrogen (secondary N) is 1. The molecule has 1 aromatic heterocycles. The second kappa shape index (κ2) is 5.12. The zero-order valence-electron chi connectivity index (χ0n) is 12.1. The van der Waals surface area contributed by atoms with E-state index < -0.39 is 0 Å². The lowest BCUT2D eigenvalue weighted by Gasteiger charge is -2.11. The Morgan fingerprint density at radius 3 is 2.65 bits per heavy atom. The Balaban J connectivity index is 2.13. The van der Waals surface area contributed by atoms with E-state index in [1.165, 1.54) is 18.4 Å². The molecular weight excluding hydrogens is 250 g/mol. The molecule has 0 amide bonds. The first kappa shape index (κ1) is 12.9. The molecule has 3 rings (SSSR count). The molecule has 0 aliphatic heterocycles. The van der Waals surface area contributed by atoms with E-state index in [9.17, 15) is 0 Å². The number of ether oxygens (including phenoxy) is 1. The maximum absolute atomic E-state index is 5.46. The summed E-state index contributed by atoms with van der Waals surface area (Å²) >= 11 is 0. The average molecular weight is 269 g/mol. The minimum atomic E-state index is 0.526. The van der Waals surface area contributed by atoms with Crippen LogP contribution in [0.3, 0.4) is 0 Å². The van der Waals surface area contributed by atoms with Gasteiger partial charge >= 0.3 is 0 Å². The van der Waals surface area contributed by atoms with Gasteiger partial charge in [-0.05, 0) is 31.9 Å². The molecule has 1 heterocycles. The van der Waals surface area contributed by atoms with Crippen molar-refractivity contribution in [2.24, 2.45) is 0 Å². The fraction of sp³-hybridized carbons (Fsp3) is 0.375. The summed E-state index contributed by atoms with van der Waals surface area (Å²) < 4.78 is 5.46. The van der Waals surface area contributed by atoms with Gasteiger partial charge in [-0.2, -0.15) is 0 Å². The van der Waals surface area contributed by atoms with Crippen LogP contribution in [0, 0.1) is 6.92 Å². The van der Waals surface area contributed by atoms with Crippen molar-refractivity contribution < 1.29 is 4.74 Å². The van der Waals surface area contributed by atoms with Crippen LogP contribution in [-0.2, 0) is 0 Å². The number of aromatic nitrogens is 2. The van der Waals surface area contributed by atoms with Crippen LogP contribution in [0.15, 0.2) is 24.3 Å². The maximum atomic E-state index is 5.46. The first-order valence-electron chi connectivity index (χ1n) is 6.93. The zero-order chi connectivity index (χ0) is 14.1. The summed E-state index contributed by atoms with van der Waals surface area (Å²) in [4.78, 5) is 9.29. The van der Waals surface area contributed by atoms with Gasteiger partial charge in [0.1, 0.15) is 17.4 Å². The lowest BCUT2D eigenvalue weighted by atomic mass is 10.1. The lowest BCUT2D eigenvalue weighted by molar-refractivity contribution is 0.416. The van der Waals surface area contributed by atoms with E-state index in [1.54, 1.807) is 7.11 Å². The lowest BCUT2D eigenvalue weighted by Crippen LogP contribution is -2.01. The van der Waals surface area contributed by atoms with Crippen molar-refractivity contribution in [1.82, 2.24) is 9.97 Å². The summed E-state index contributed by atoms with van der Waals surface area (Å²) in [5, 5.41) is 3.12. The van der Waals surface area contributed by atoms with E-state index in [0.29, 0.717) is 5.92 Å². The Kier molecular flexibility index (Phi) is 3.30. The molecule has 1 fully saturated rings. The van der Waals surface area contributed by atoms with E-state index in [-0.39, 0.29) is 0 Å². The molecule has 4 nitrogen and oxygen atoms in total. The first-order chi connectivity index (χ1) is 9.71. The molecule has 0 saturated heterocycles. The summed E-state index contributed by atoms with van der Waals surface area (Å²) in [7, 11) is 3.58. The summed E-state index contributed by atoms with van der Waals surface area (Å²) in [6, 6.07) is 8.12. The van der Waals surface area contributed by atoms with Crippen LogP contribution in [0.1, 0.15) is 30.1 Å². The largest absolute Gasteiger partial charge is 0.496 e. The monoisotopic (exact) mass is 269 g/mol. The van der Waals surface area contributed by atoms with Crippen molar-refractivity contribution in [3.8, 4) is 17.0 Å². The highest BCUT2D eigenvalue weighted by molar-refractivity contribution is 5.70. The molecule has 1 aliphatic rings. The second-order valence-electron chi connectivity index (χ2n) is 5.22. The topological polar surface area (TPSA) is 47.0 Å². The summed E-state index contributed by atoms with van der Waals surface area (Å²) in [5.41, 5.74) is 3.14. The Morgan fingerprint density at radius 1 is 1.20 bits per heavy atom. The van der Waals surface area contributed by atoms with Crippen molar-refractivity contribution in [3.05, 3.63) is 35.7 Å². The van der Waals surface area contributed by atoms with E-state index in [1.807, 2.05) is 25.2 Å². The third kappa shape index (κ3) is 2.46. The molecule has 0 bridgehead atoms. The molecule has 0 radical (unpaired) electrons. The predicted octanol–water partition coefficient (Wildman–Crippen LogP) is 3.38. The third-order valence-electron chi connectivity index (χ3n) is 3.57. The van der Waals surface area contributed by atoms with E-state index in [0.717, 1.165) is 28.6 Å². The van der Waals surface area contributed by atoms with Gasteiger partial charge in [0.05, 0.1) is 12.8 Å². The molecule has 1 N–H and O–H groups in total. The highest BCUT2D eigenvalue weighted by atomic mass is 16.5. The molecule has 0 unspecified atom stereocenters. The number of aryl methyl sites for hydroxylation is 1. The molecule has 1 saturated carbocycles. The molecule has 20 heavy (non-hydrogen) atoms. The van der Waals surface area contributed by atoms with Crippen LogP contribution < -0.4 is 10.1 Å². The Labute approximate surface area is 119 Å².